The van der Waals surface area contributed by atoms with Crippen molar-refractivity contribution in [1.29, 1.82) is 0 Å². The molecule has 1 atom stereocenters. The summed E-state index contributed by atoms with van der Waals surface area (Å²) < 4.78 is 0. The number of likely N-dealkylation sites (tertiary alicyclic amines) is 1. The van der Waals surface area contributed by atoms with Crippen LogP contribution in [0, 0.1) is 0 Å². The van der Waals surface area contributed by atoms with Crippen molar-refractivity contribution in [3.8, 4) is 0 Å². The van der Waals surface area contributed by atoms with Crippen LogP contribution in [0.15, 0.2) is 35.7 Å². The van der Waals surface area contributed by atoms with Crippen LogP contribution < -0.4 is 0 Å². The van der Waals surface area contributed by atoms with Crippen LogP contribution in [0.25, 0.3) is 0 Å². The summed E-state index contributed by atoms with van der Waals surface area (Å²) in [4.78, 5) is 17.3. The monoisotopic (exact) mass is 288 g/mol. The Balaban J connectivity index is 1.61. The molecule has 0 saturated carbocycles. The number of carbonyl (C=O) groups is 1. The molecule has 1 unspecified atom stereocenters. The molecule has 5 heteroatoms. The molecule has 3 rings (SSSR count). The Hall–Kier alpha value is -1.72. The van der Waals surface area contributed by atoms with Crippen molar-refractivity contribution in [2.45, 2.75) is 18.9 Å². The number of aromatic nitrogens is 1. The van der Waals surface area contributed by atoms with Crippen LogP contribution in [0.4, 0.5) is 0 Å². The van der Waals surface area contributed by atoms with Crippen LogP contribution in [0.5, 0.6) is 0 Å². The SMILES string of the molecule is O=C(O)c1nc(CN2CCC(c3ccccc3)C2)cs1. The fourth-order valence-electron chi connectivity index (χ4n) is 2.68. The minimum Gasteiger partial charge on any atom is -0.476 e. The highest BCUT2D eigenvalue weighted by atomic mass is 32.1. The van der Waals surface area contributed by atoms with Crippen molar-refractivity contribution in [3.63, 3.8) is 0 Å². The Bertz CT molecular complexity index is 597. The molecule has 0 bridgehead atoms. The lowest BCUT2D eigenvalue weighted by Gasteiger charge is -2.14. The molecular weight excluding hydrogens is 272 g/mol. The predicted molar refractivity (Wildman–Crippen MR) is 78.2 cm³/mol. The number of aromatic carboxylic acids is 1. The average Bonchev–Trinajstić information content (AvgIpc) is 3.10. The number of benzene rings is 1. The zero-order valence-corrected chi connectivity index (χ0v) is 11.8. The van der Waals surface area contributed by atoms with Gasteiger partial charge in [-0.1, -0.05) is 30.3 Å². The maximum atomic E-state index is 10.8. The van der Waals surface area contributed by atoms with Gasteiger partial charge in [-0.3, -0.25) is 4.90 Å². The van der Waals surface area contributed by atoms with Gasteiger partial charge >= 0.3 is 5.97 Å². The van der Waals surface area contributed by atoms with Crippen LogP contribution in [0.2, 0.25) is 0 Å². The van der Waals surface area contributed by atoms with Crippen molar-refractivity contribution >= 4 is 17.3 Å². The van der Waals surface area contributed by atoms with Crippen LogP contribution in [0.3, 0.4) is 0 Å². The number of rotatable bonds is 4. The lowest BCUT2D eigenvalue weighted by Crippen LogP contribution is -2.20. The van der Waals surface area contributed by atoms with E-state index in [4.69, 9.17) is 5.11 Å². The van der Waals surface area contributed by atoms with Crippen LogP contribution >= 0.6 is 11.3 Å². The van der Waals surface area contributed by atoms with E-state index < -0.39 is 5.97 Å². The molecule has 1 aromatic heterocycles. The number of hydrogen-bond donors (Lipinski definition) is 1. The fraction of sp³-hybridized carbons (Fsp3) is 0.333. The molecule has 1 saturated heterocycles. The summed E-state index contributed by atoms with van der Waals surface area (Å²) in [7, 11) is 0. The van der Waals surface area contributed by atoms with E-state index in [1.165, 1.54) is 16.9 Å². The van der Waals surface area contributed by atoms with Gasteiger partial charge < -0.3 is 5.11 Å². The highest BCUT2D eigenvalue weighted by molar-refractivity contribution is 7.11. The molecule has 1 N–H and O–H groups in total. The Morgan fingerprint density at radius 3 is 2.90 bits per heavy atom. The maximum absolute atomic E-state index is 10.8. The van der Waals surface area contributed by atoms with Gasteiger partial charge in [0, 0.05) is 18.5 Å². The lowest BCUT2D eigenvalue weighted by molar-refractivity contribution is 0.0696. The zero-order chi connectivity index (χ0) is 13.9. The van der Waals surface area contributed by atoms with Gasteiger partial charge in [0.05, 0.1) is 5.69 Å². The molecule has 20 heavy (non-hydrogen) atoms. The molecule has 4 nitrogen and oxygen atoms in total. The third-order valence-electron chi connectivity index (χ3n) is 3.66. The second-order valence-corrected chi connectivity index (χ2v) is 5.94. The molecule has 104 valence electrons. The minimum atomic E-state index is -0.940. The molecule has 1 fully saturated rings. The van der Waals surface area contributed by atoms with Crippen LogP contribution in [-0.2, 0) is 6.54 Å². The smallest absolute Gasteiger partial charge is 0.365 e. The van der Waals surface area contributed by atoms with E-state index in [1.807, 2.05) is 11.4 Å². The van der Waals surface area contributed by atoms with Crippen LogP contribution in [0.1, 0.15) is 33.4 Å². The first-order valence-corrected chi connectivity index (χ1v) is 7.55. The molecule has 0 aliphatic carbocycles. The second-order valence-electron chi connectivity index (χ2n) is 5.08. The first-order chi connectivity index (χ1) is 9.72. The summed E-state index contributed by atoms with van der Waals surface area (Å²) in [6, 6.07) is 10.6. The summed E-state index contributed by atoms with van der Waals surface area (Å²) in [5.41, 5.74) is 2.25. The van der Waals surface area contributed by atoms with Gasteiger partial charge in [-0.15, -0.1) is 11.3 Å². The first kappa shape index (κ1) is 13.3. The van der Waals surface area contributed by atoms with E-state index in [9.17, 15) is 4.79 Å². The Morgan fingerprint density at radius 2 is 2.20 bits per heavy atom. The van der Waals surface area contributed by atoms with E-state index in [0.29, 0.717) is 5.92 Å². The number of carboxylic acids is 1. The van der Waals surface area contributed by atoms with Gasteiger partial charge in [0.1, 0.15) is 0 Å². The van der Waals surface area contributed by atoms with E-state index in [-0.39, 0.29) is 5.01 Å². The van der Waals surface area contributed by atoms with Crippen LogP contribution in [-0.4, -0.2) is 34.0 Å². The van der Waals surface area contributed by atoms with Crippen molar-refractivity contribution in [3.05, 3.63) is 52.0 Å². The van der Waals surface area contributed by atoms with Crippen molar-refractivity contribution in [2.75, 3.05) is 13.1 Å². The van der Waals surface area contributed by atoms with Gasteiger partial charge in [0.15, 0.2) is 0 Å². The standard InChI is InChI=1S/C15H16N2O2S/c18-15(19)14-16-13(10-20-14)9-17-7-6-12(8-17)11-4-2-1-3-5-11/h1-5,10,12H,6-9H2,(H,18,19). The molecule has 0 spiro atoms. The highest BCUT2D eigenvalue weighted by Gasteiger charge is 2.24. The molecule has 1 aromatic carbocycles. The maximum Gasteiger partial charge on any atom is 0.365 e. The van der Waals surface area contributed by atoms with Gasteiger partial charge in [0.2, 0.25) is 5.01 Å². The molecule has 2 heterocycles. The Kier molecular flexibility index (Phi) is 3.80. The normalized spacial score (nSPS) is 19.3. The summed E-state index contributed by atoms with van der Waals surface area (Å²) in [6.45, 7) is 2.80. The fourth-order valence-corrected chi connectivity index (χ4v) is 3.33. The van der Waals surface area contributed by atoms with E-state index >= 15 is 0 Å². The van der Waals surface area contributed by atoms with Gasteiger partial charge in [-0.2, -0.15) is 0 Å². The Morgan fingerprint density at radius 1 is 1.40 bits per heavy atom. The molecule has 2 aromatic rings. The third-order valence-corrected chi connectivity index (χ3v) is 4.54. The van der Waals surface area contributed by atoms with E-state index in [0.717, 1.165) is 31.7 Å². The molecule has 0 amide bonds. The second kappa shape index (κ2) is 5.73. The number of nitrogens with zero attached hydrogens (tertiary/aromatic N) is 2. The largest absolute Gasteiger partial charge is 0.476 e. The highest BCUT2D eigenvalue weighted by Crippen LogP contribution is 2.28. The first-order valence-electron chi connectivity index (χ1n) is 6.67. The lowest BCUT2D eigenvalue weighted by atomic mass is 9.99. The Labute approximate surface area is 121 Å². The van der Waals surface area contributed by atoms with Gasteiger partial charge in [-0.05, 0) is 24.4 Å². The molecule has 0 radical (unpaired) electrons. The summed E-state index contributed by atoms with van der Waals surface area (Å²) in [6.07, 6.45) is 1.15. The third kappa shape index (κ3) is 2.89. The van der Waals surface area contributed by atoms with Gasteiger partial charge in [0.25, 0.3) is 0 Å². The minimum absolute atomic E-state index is 0.179. The summed E-state index contributed by atoms with van der Waals surface area (Å²) in [5, 5.41) is 10.9. The topological polar surface area (TPSA) is 53.4 Å². The molecular formula is C15H16N2O2S. The summed E-state index contributed by atoms with van der Waals surface area (Å²) in [5.74, 6) is -0.362. The zero-order valence-electron chi connectivity index (χ0n) is 11.0. The number of hydrogen-bond acceptors (Lipinski definition) is 4. The summed E-state index contributed by atoms with van der Waals surface area (Å²) >= 11 is 1.20. The molecule has 1 aliphatic heterocycles. The quantitative estimate of drug-likeness (QED) is 0.940. The van der Waals surface area contributed by atoms with Crippen molar-refractivity contribution in [1.82, 2.24) is 9.88 Å². The van der Waals surface area contributed by atoms with E-state index in [2.05, 4.69) is 34.1 Å². The average molecular weight is 288 g/mol. The van der Waals surface area contributed by atoms with E-state index in [1.54, 1.807) is 0 Å². The van der Waals surface area contributed by atoms with Gasteiger partial charge in [-0.25, -0.2) is 9.78 Å². The number of thiazole rings is 1. The van der Waals surface area contributed by atoms with Crippen molar-refractivity contribution < 1.29 is 9.90 Å². The predicted octanol–water partition coefficient (Wildman–Crippen LogP) is 2.83. The molecule has 1 aliphatic rings. The van der Waals surface area contributed by atoms with Crippen molar-refractivity contribution in [2.24, 2.45) is 0 Å². The number of carboxylic acid groups (broad SMARTS) is 1.